The Hall–Kier alpha value is -1.13. The zero-order chi connectivity index (χ0) is 20.5. The molecule has 0 aromatic heterocycles. The van der Waals surface area contributed by atoms with E-state index >= 15 is 0 Å². The molecule has 1 amide bonds. The Morgan fingerprint density at radius 1 is 1.25 bits per heavy atom. The van der Waals surface area contributed by atoms with E-state index in [1.54, 1.807) is 19.0 Å². The van der Waals surface area contributed by atoms with Gasteiger partial charge in [-0.05, 0) is 56.8 Å². The minimum Gasteiger partial charge on any atom is -0.393 e. The summed E-state index contributed by atoms with van der Waals surface area (Å²) in [4.78, 5) is 13.3. The van der Waals surface area contributed by atoms with E-state index in [-0.39, 0.29) is 11.8 Å². The first kappa shape index (κ1) is 23.2. The number of carbonyl (C=O) groups is 1. The van der Waals surface area contributed by atoms with Gasteiger partial charge in [-0.1, -0.05) is 50.0 Å². The monoisotopic (exact) mass is 391 g/mol. The van der Waals surface area contributed by atoms with Crippen molar-refractivity contribution in [2.75, 3.05) is 14.1 Å². The van der Waals surface area contributed by atoms with Crippen molar-refractivity contribution in [3.05, 3.63) is 23.8 Å². The Kier molecular flexibility index (Phi) is 9.73. The summed E-state index contributed by atoms with van der Waals surface area (Å²) in [6.07, 6.45) is 16.8. The number of rotatable bonds is 12. The number of hydrogen-bond acceptors (Lipinski definition) is 3. The molecular weight excluding hydrogens is 350 g/mol. The Bertz CT molecular complexity index is 540. The van der Waals surface area contributed by atoms with Crippen LogP contribution in [0.5, 0.6) is 0 Å². The molecule has 0 saturated heterocycles. The lowest BCUT2D eigenvalue weighted by Gasteiger charge is -2.25. The maximum atomic E-state index is 11.7. The standard InChI is InChI=1S/C24H41NO3/c1-4-5-6-7-8-9-13-21(26)24-20-16-18(15-19(20)17-22(24)27)12-10-11-14-23(28)25(2)3/h9,13,15,19-22,24,26-27H,4-8,10-12,14,16-17H2,1-3H3/b13-9+/t19-,20-,21+,22+,24-/m0/s1. The zero-order valence-electron chi connectivity index (χ0n) is 18.1. The van der Waals surface area contributed by atoms with Gasteiger partial charge >= 0.3 is 0 Å². The van der Waals surface area contributed by atoms with E-state index < -0.39 is 12.2 Å². The predicted octanol–water partition coefficient (Wildman–Crippen LogP) is 4.47. The second-order valence-electron chi connectivity index (χ2n) is 9.00. The smallest absolute Gasteiger partial charge is 0.222 e. The van der Waals surface area contributed by atoms with Gasteiger partial charge in [0.05, 0.1) is 12.2 Å². The van der Waals surface area contributed by atoms with Crippen molar-refractivity contribution in [2.24, 2.45) is 17.8 Å². The number of carbonyl (C=O) groups excluding carboxylic acids is 1. The van der Waals surface area contributed by atoms with Gasteiger partial charge in [0.25, 0.3) is 0 Å². The first-order valence-electron chi connectivity index (χ1n) is 11.4. The maximum absolute atomic E-state index is 11.7. The van der Waals surface area contributed by atoms with Crippen LogP contribution in [0.2, 0.25) is 0 Å². The van der Waals surface area contributed by atoms with Crippen molar-refractivity contribution < 1.29 is 15.0 Å². The van der Waals surface area contributed by atoms with E-state index in [2.05, 4.69) is 19.1 Å². The van der Waals surface area contributed by atoms with Crippen molar-refractivity contribution in [3.63, 3.8) is 0 Å². The van der Waals surface area contributed by atoms with Gasteiger partial charge in [-0.15, -0.1) is 0 Å². The highest BCUT2D eigenvalue weighted by Gasteiger charge is 2.46. The molecule has 0 aromatic carbocycles. The van der Waals surface area contributed by atoms with Crippen molar-refractivity contribution in [1.29, 1.82) is 0 Å². The third-order valence-electron chi connectivity index (χ3n) is 6.54. The van der Waals surface area contributed by atoms with Crippen LogP contribution in [0.3, 0.4) is 0 Å². The lowest BCUT2D eigenvalue weighted by atomic mass is 9.85. The summed E-state index contributed by atoms with van der Waals surface area (Å²) in [6, 6.07) is 0. The molecule has 1 fully saturated rings. The Balaban J connectivity index is 1.75. The molecule has 0 radical (unpaired) electrons. The van der Waals surface area contributed by atoms with Crippen LogP contribution in [0.15, 0.2) is 23.8 Å². The Morgan fingerprint density at radius 3 is 2.75 bits per heavy atom. The van der Waals surface area contributed by atoms with Crippen LogP contribution >= 0.6 is 0 Å². The minimum atomic E-state index is -0.540. The van der Waals surface area contributed by atoms with Gasteiger partial charge in [-0.3, -0.25) is 4.79 Å². The van der Waals surface area contributed by atoms with Crippen molar-refractivity contribution >= 4 is 5.91 Å². The van der Waals surface area contributed by atoms with Crippen LogP contribution in [0.25, 0.3) is 0 Å². The SMILES string of the molecule is CCCCCC/C=C/[C@@H](O)[C@@H]1[C@H]2CC(CCCCC(=O)N(C)C)=C[C@H]2C[C@H]1O. The minimum absolute atomic E-state index is 0.0408. The third-order valence-corrected chi connectivity index (χ3v) is 6.54. The molecular formula is C24H41NO3. The second kappa shape index (κ2) is 11.8. The van der Waals surface area contributed by atoms with E-state index in [0.717, 1.165) is 38.5 Å². The topological polar surface area (TPSA) is 60.8 Å². The normalized spacial score (nSPS) is 27.8. The van der Waals surface area contributed by atoms with Crippen molar-refractivity contribution in [1.82, 2.24) is 4.90 Å². The largest absolute Gasteiger partial charge is 0.393 e. The number of allylic oxidation sites excluding steroid dienone is 3. The first-order valence-corrected chi connectivity index (χ1v) is 11.4. The lowest BCUT2D eigenvalue weighted by molar-refractivity contribution is -0.128. The highest BCUT2D eigenvalue weighted by atomic mass is 16.3. The molecule has 0 aliphatic heterocycles. The van der Waals surface area contributed by atoms with Crippen LogP contribution in [-0.4, -0.2) is 47.3 Å². The van der Waals surface area contributed by atoms with Crippen LogP contribution < -0.4 is 0 Å². The fourth-order valence-electron chi connectivity index (χ4n) is 4.91. The van der Waals surface area contributed by atoms with E-state index in [4.69, 9.17) is 0 Å². The van der Waals surface area contributed by atoms with E-state index in [0.29, 0.717) is 18.3 Å². The summed E-state index contributed by atoms with van der Waals surface area (Å²) in [5, 5.41) is 21.2. The Labute approximate surface area is 171 Å². The number of aliphatic hydroxyl groups is 2. The summed E-state index contributed by atoms with van der Waals surface area (Å²) < 4.78 is 0. The molecule has 0 heterocycles. The van der Waals surface area contributed by atoms with Crippen LogP contribution in [0.1, 0.15) is 77.6 Å². The fourth-order valence-corrected chi connectivity index (χ4v) is 4.91. The number of nitrogens with zero attached hydrogens (tertiary/aromatic N) is 1. The molecule has 0 aromatic rings. The molecule has 2 rings (SSSR count). The van der Waals surface area contributed by atoms with Gasteiger partial charge in [-0.25, -0.2) is 0 Å². The number of amides is 1. The molecule has 4 nitrogen and oxygen atoms in total. The van der Waals surface area contributed by atoms with Crippen LogP contribution in [0.4, 0.5) is 0 Å². The highest BCUT2D eigenvalue weighted by molar-refractivity contribution is 5.75. The molecule has 2 aliphatic carbocycles. The summed E-state index contributed by atoms with van der Waals surface area (Å²) in [5.74, 6) is 0.935. The molecule has 160 valence electrons. The van der Waals surface area contributed by atoms with Crippen LogP contribution in [0, 0.1) is 17.8 Å². The molecule has 4 heteroatoms. The average molecular weight is 392 g/mol. The third kappa shape index (κ3) is 6.73. The first-order chi connectivity index (χ1) is 13.4. The predicted molar refractivity (Wildman–Crippen MR) is 115 cm³/mol. The molecule has 0 bridgehead atoms. The fraction of sp³-hybridized carbons (Fsp3) is 0.792. The maximum Gasteiger partial charge on any atom is 0.222 e. The molecule has 2 N–H and O–H groups in total. The Morgan fingerprint density at radius 2 is 2.04 bits per heavy atom. The van der Waals surface area contributed by atoms with Crippen molar-refractivity contribution in [2.45, 2.75) is 89.8 Å². The zero-order valence-corrected chi connectivity index (χ0v) is 18.1. The summed E-state index contributed by atoms with van der Waals surface area (Å²) in [7, 11) is 3.61. The van der Waals surface area contributed by atoms with Gasteiger partial charge in [0, 0.05) is 26.4 Å². The second-order valence-corrected chi connectivity index (χ2v) is 9.00. The molecule has 0 unspecified atom stereocenters. The molecule has 0 spiro atoms. The van der Waals surface area contributed by atoms with E-state index in [1.165, 1.54) is 31.3 Å². The quantitative estimate of drug-likeness (QED) is 0.381. The van der Waals surface area contributed by atoms with Crippen LogP contribution in [-0.2, 0) is 4.79 Å². The average Bonchev–Trinajstić information content (AvgIpc) is 3.16. The lowest BCUT2D eigenvalue weighted by Crippen LogP contribution is -2.30. The van der Waals surface area contributed by atoms with Crippen molar-refractivity contribution in [3.8, 4) is 0 Å². The molecule has 5 atom stereocenters. The van der Waals surface area contributed by atoms with Gasteiger partial charge in [0.15, 0.2) is 0 Å². The van der Waals surface area contributed by atoms with E-state index in [9.17, 15) is 15.0 Å². The molecule has 1 saturated carbocycles. The van der Waals surface area contributed by atoms with Gasteiger partial charge in [0.1, 0.15) is 0 Å². The van der Waals surface area contributed by atoms with E-state index in [1.807, 2.05) is 6.08 Å². The summed E-state index contributed by atoms with van der Waals surface area (Å²) in [6.45, 7) is 2.21. The highest BCUT2D eigenvalue weighted by Crippen LogP contribution is 2.49. The number of unbranched alkanes of at least 4 members (excludes halogenated alkanes) is 5. The number of fused-ring (bicyclic) bond motifs is 1. The number of hydrogen-bond donors (Lipinski definition) is 2. The molecule has 28 heavy (non-hydrogen) atoms. The molecule has 2 aliphatic rings. The number of aliphatic hydroxyl groups excluding tert-OH is 2. The van der Waals surface area contributed by atoms with Gasteiger partial charge in [0.2, 0.25) is 5.91 Å². The van der Waals surface area contributed by atoms with Gasteiger partial charge < -0.3 is 15.1 Å². The van der Waals surface area contributed by atoms with Gasteiger partial charge in [-0.2, -0.15) is 0 Å². The summed E-state index contributed by atoms with van der Waals surface area (Å²) >= 11 is 0. The summed E-state index contributed by atoms with van der Waals surface area (Å²) in [5.41, 5.74) is 1.46.